The molecule has 9 nitrogen and oxygen atoms in total. The molecular formula is C80H67F14O9S10+5. The third kappa shape index (κ3) is 22.8. The minimum absolute atomic E-state index is 0.00904. The number of ether oxygens (including phenoxy) is 1. The second kappa shape index (κ2) is 37.0. The van der Waals surface area contributed by atoms with Crippen molar-refractivity contribution < 1.29 is 99.9 Å². The highest BCUT2D eigenvalue weighted by Gasteiger charge is 2.42. The molecule has 0 spiro atoms. The molecule has 12 aromatic rings. The SMILES string of the molecule is CS(=O)(=O)c1c(F)cc([S+](c2ccccc2)c2cc(F)c(S(C)(=O)=O)c(F)c2)cc1F.CS(=O)(=O)c1cccc([S+](c2cc(C(F)(F)F)cc(C(F)(F)F)c2)c2cccc(S(C)(=O)=O)c2)c1.Fc1cc(F)cc(-[s+]2c3ccccc3c3ccccc32)c1.Fc1ccc([S+]2CCOCC2)cc1.Fc1ccc([S+]2CCSCC2)cc1. The van der Waals surface area contributed by atoms with Crippen molar-refractivity contribution in [2.45, 2.75) is 71.1 Å². The highest BCUT2D eigenvalue weighted by atomic mass is 32.2. The highest BCUT2D eigenvalue weighted by Crippen LogP contribution is 2.49. The van der Waals surface area contributed by atoms with Crippen LogP contribution in [0, 0.1) is 46.5 Å². The van der Waals surface area contributed by atoms with Gasteiger partial charge in [0, 0.05) is 146 Å². The smallest absolute Gasteiger partial charge is 0.372 e. The molecule has 0 unspecified atom stereocenters. The quantitative estimate of drug-likeness (QED) is 0.0807. The summed E-state index contributed by atoms with van der Waals surface area (Å²) in [7, 11) is -18.9. The van der Waals surface area contributed by atoms with Gasteiger partial charge in [-0.15, -0.1) is 0 Å². The van der Waals surface area contributed by atoms with E-state index in [-0.39, 0.29) is 47.1 Å². The summed E-state index contributed by atoms with van der Waals surface area (Å²) in [4.78, 5) is 0.676. The Morgan fingerprint density at radius 2 is 0.690 bits per heavy atom. The van der Waals surface area contributed by atoms with Crippen molar-refractivity contribution in [1.29, 1.82) is 0 Å². The molecule has 0 atom stereocenters. The molecule has 0 amide bonds. The number of rotatable bonds is 13. The average Bonchev–Trinajstić information content (AvgIpc) is 1.63. The van der Waals surface area contributed by atoms with Crippen LogP contribution in [0.3, 0.4) is 0 Å². The number of thiophene rings is 1. The third-order valence-electron chi connectivity index (χ3n) is 16.6. The number of alkyl halides is 6. The maximum atomic E-state index is 14.5. The van der Waals surface area contributed by atoms with E-state index in [0.29, 0.717) is 56.2 Å². The van der Waals surface area contributed by atoms with Crippen LogP contribution in [0.2, 0.25) is 0 Å². The fourth-order valence-corrected chi connectivity index (χ4v) is 27.3. The normalized spacial score (nSPS) is 13.9. The Labute approximate surface area is 662 Å². The van der Waals surface area contributed by atoms with E-state index in [4.69, 9.17) is 4.74 Å². The molecule has 0 radical (unpaired) electrons. The third-order valence-corrected chi connectivity index (χ3v) is 33.8. The summed E-state index contributed by atoms with van der Waals surface area (Å²) in [5.74, 6) is 0.529. The second-order valence-electron chi connectivity index (χ2n) is 25.0. The zero-order chi connectivity index (χ0) is 82.1. The average molecular weight is 1760 g/mol. The van der Waals surface area contributed by atoms with E-state index in [2.05, 4.69) is 12.1 Å². The van der Waals surface area contributed by atoms with Gasteiger partial charge < -0.3 is 4.74 Å². The van der Waals surface area contributed by atoms with Crippen molar-refractivity contribution in [2.24, 2.45) is 0 Å². The number of fused-ring (bicyclic) bond motifs is 3. The van der Waals surface area contributed by atoms with E-state index >= 15 is 0 Å². The van der Waals surface area contributed by atoms with Gasteiger partial charge in [0.15, 0.2) is 92.8 Å². The lowest BCUT2D eigenvalue weighted by atomic mass is 10.1. The largest absolute Gasteiger partial charge is 0.416 e. The van der Waals surface area contributed by atoms with Crippen LogP contribution in [0.25, 0.3) is 25.1 Å². The van der Waals surface area contributed by atoms with Gasteiger partial charge in [-0.3, -0.25) is 0 Å². The van der Waals surface area contributed by atoms with Gasteiger partial charge in [0.2, 0.25) is 0 Å². The van der Waals surface area contributed by atoms with E-state index in [1.54, 1.807) is 42.5 Å². The van der Waals surface area contributed by atoms with Crippen LogP contribution >= 0.6 is 22.2 Å². The van der Waals surface area contributed by atoms with Crippen molar-refractivity contribution in [3.05, 3.63) is 294 Å². The van der Waals surface area contributed by atoms with Gasteiger partial charge in [-0.25, -0.2) is 68.8 Å². The van der Waals surface area contributed by atoms with Gasteiger partial charge in [-0.05, 0) is 115 Å². The van der Waals surface area contributed by atoms with Crippen LogP contribution in [-0.2, 0) is 100 Å². The summed E-state index contributed by atoms with van der Waals surface area (Å²) in [5.41, 5.74) is -3.09. The van der Waals surface area contributed by atoms with Crippen molar-refractivity contribution in [2.75, 3.05) is 72.8 Å². The van der Waals surface area contributed by atoms with Crippen molar-refractivity contribution in [3.63, 3.8) is 0 Å². The minimum atomic E-state index is -5.10. The Hall–Kier alpha value is -7.83. The van der Waals surface area contributed by atoms with E-state index in [9.17, 15) is 95.1 Å². The molecule has 2 saturated heterocycles. The molecule has 1 aromatic heterocycles. The Bertz CT molecular complexity index is 5510. The summed E-state index contributed by atoms with van der Waals surface area (Å²) in [6.07, 6.45) is -7.09. The lowest BCUT2D eigenvalue weighted by Gasteiger charge is -2.15. The first-order valence-corrected chi connectivity index (χ1v) is 48.9. The van der Waals surface area contributed by atoms with E-state index in [1.807, 2.05) is 72.4 Å². The number of hydrogen-bond acceptors (Lipinski definition) is 10. The maximum Gasteiger partial charge on any atom is 0.416 e. The Morgan fingerprint density at radius 3 is 1.07 bits per heavy atom. The van der Waals surface area contributed by atoms with Crippen molar-refractivity contribution >= 4 is 125 Å². The lowest BCUT2D eigenvalue weighted by Crippen LogP contribution is -2.26. The molecule has 3 heterocycles. The fraction of sp³-hybridized carbons (Fsp3) is 0.175. The van der Waals surface area contributed by atoms with Crippen molar-refractivity contribution in [1.82, 2.24) is 0 Å². The van der Waals surface area contributed by atoms with E-state index in [0.717, 1.165) is 99.9 Å². The Balaban J connectivity index is 0.000000157. The highest BCUT2D eigenvalue weighted by molar-refractivity contribution is 8.05. The maximum absolute atomic E-state index is 14.5. The van der Waals surface area contributed by atoms with E-state index < -0.39 is 145 Å². The summed E-state index contributed by atoms with van der Waals surface area (Å²) in [6.45, 7) is 1.70. The molecular weight excluding hydrogens is 1690 g/mol. The second-order valence-corrected chi connectivity index (χ2v) is 44.7. The molecule has 14 rings (SSSR count). The minimum Gasteiger partial charge on any atom is -0.372 e. The molecule has 2 aliphatic rings. The number of thioether (sulfide) groups is 1. The van der Waals surface area contributed by atoms with Gasteiger partial charge >= 0.3 is 12.4 Å². The number of benzene rings is 11. The molecule has 0 saturated carbocycles. The number of sulfone groups is 4. The van der Waals surface area contributed by atoms with Gasteiger partial charge in [0.05, 0.1) is 55.9 Å². The number of hydrogen-bond donors (Lipinski definition) is 0. The van der Waals surface area contributed by atoms with Crippen LogP contribution in [-0.4, -0.2) is 106 Å². The summed E-state index contributed by atoms with van der Waals surface area (Å²) >= 11 is 2.03. The first-order valence-electron chi connectivity index (χ1n) is 33.4. The molecule has 2 fully saturated rings. The van der Waals surface area contributed by atoms with Crippen molar-refractivity contribution in [3.8, 4) is 4.90 Å². The van der Waals surface area contributed by atoms with Gasteiger partial charge in [-0.1, -0.05) is 54.6 Å². The van der Waals surface area contributed by atoms with E-state index in [1.165, 1.54) is 93.5 Å². The summed E-state index contributed by atoms with van der Waals surface area (Å²) in [6, 6.07) is 56.2. The molecule has 33 heteroatoms. The summed E-state index contributed by atoms with van der Waals surface area (Å²) in [5, 5.41) is 2.31. The molecule has 11 aromatic carbocycles. The molecule has 594 valence electrons. The lowest BCUT2D eigenvalue weighted by molar-refractivity contribution is -0.143. The molecule has 113 heavy (non-hydrogen) atoms. The van der Waals surface area contributed by atoms with Gasteiger partial charge in [0.25, 0.3) is 0 Å². The fourth-order valence-electron chi connectivity index (χ4n) is 11.6. The first-order chi connectivity index (χ1) is 53.1. The van der Waals surface area contributed by atoms with Crippen LogP contribution in [0.5, 0.6) is 0 Å². The van der Waals surface area contributed by atoms with Crippen LogP contribution in [0.4, 0.5) is 61.5 Å². The standard InChI is InChI=1S/C22H17F6O4S3.C20H15F4O4S3.C18H11F2S.C10H12FOS.C10H12FS2/c1-34(29,30)19-7-3-5-16(12-19)33(17-6-4-8-20(13-17)35(2,31)32)18-10-14(21(23,24)25)9-15(11-18)22(26,27)28;1-30(25,26)19-15(21)8-13(9-16(19)22)29(12-6-4-3-5-7-12)14-10-17(23)20(18(24)11-14)31(2,27)28;19-12-9-13(20)11-14(10-12)21-17-7-3-1-5-15(17)16-6-2-4-8-18(16)21;2*11-9-1-3-10(4-2-9)13-7-5-12-6-8-13/h3-13H,1-2H3;3-11H,1-2H3;1-11H;2*1-4H,5-8H2/q5*+1. The monoisotopic (exact) mass is 1760 g/mol. The van der Waals surface area contributed by atoms with Crippen LogP contribution < -0.4 is 0 Å². The topological polar surface area (TPSA) is 146 Å². The summed E-state index contributed by atoms with van der Waals surface area (Å²) < 4.78 is 294. The van der Waals surface area contributed by atoms with Crippen LogP contribution in [0.1, 0.15) is 11.1 Å². The predicted octanol–water partition coefficient (Wildman–Crippen LogP) is 20.2. The predicted molar refractivity (Wildman–Crippen MR) is 422 cm³/mol. The van der Waals surface area contributed by atoms with Crippen LogP contribution in [0.15, 0.2) is 295 Å². The van der Waals surface area contributed by atoms with Gasteiger partial charge in [-0.2, -0.15) is 38.1 Å². The number of halogens is 14. The molecule has 0 bridgehead atoms. The Kier molecular flexibility index (Phi) is 28.6. The Morgan fingerprint density at radius 1 is 0.336 bits per heavy atom. The molecule has 0 N–H and O–H groups in total. The zero-order valence-corrected chi connectivity index (χ0v) is 67.9. The molecule has 0 aliphatic carbocycles. The molecule has 2 aliphatic heterocycles. The van der Waals surface area contributed by atoms with Gasteiger partial charge in [0.1, 0.15) is 79.3 Å². The zero-order valence-electron chi connectivity index (χ0n) is 59.7. The first kappa shape index (κ1) is 87.6.